The molecule has 0 saturated heterocycles. The number of hydrogen-bond acceptors (Lipinski definition) is 3. The van der Waals surface area contributed by atoms with Crippen LogP contribution < -0.4 is 5.32 Å². The molecule has 0 aliphatic carbocycles. The summed E-state index contributed by atoms with van der Waals surface area (Å²) in [5, 5.41) is 3.32. The van der Waals surface area contributed by atoms with Crippen molar-refractivity contribution in [2.45, 2.75) is 52.1 Å². The minimum Gasteiger partial charge on any atom is -0.381 e. The van der Waals surface area contributed by atoms with E-state index in [0.717, 1.165) is 32.7 Å². The molecule has 0 amide bonds. The molecule has 0 atom stereocenters. The maximum Gasteiger partial charge on any atom is 0.0644 e. The molecule has 3 nitrogen and oxygen atoms in total. The normalized spacial score (nSPS) is 12.0. The first-order valence-electron chi connectivity index (χ1n) is 6.46. The second-order valence-electron chi connectivity index (χ2n) is 4.74. The molecule has 0 aromatic carbocycles. The molecule has 0 aliphatic rings. The minimum absolute atomic E-state index is 0.0505. The van der Waals surface area contributed by atoms with E-state index in [9.17, 15) is 0 Å². The fourth-order valence-corrected chi connectivity index (χ4v) is 1.33. The van der Waals surface area contributed by atoms with Crippen molar-refractivity contribution < 1.29 is 9.47 Å². The van der Waals surface area contributed by atoms with Gasteiger partial charge in [-0.25, -0.2) is 0 Å². The van der Waals surface area contributed by atoms with E-state index in [1.165, 1.54) is 19.3 Å². The Kier molecular flexibility index (Phi) is 9.99. The Morgan fingerprint density at radius 3 is 2.44 bits per heavy atom. The second-order valence-corrected chi connectivity index (χ2v) is 4.74. The average molecular weight is 231 g/mol. The lowest BCUT2D eigenvalue weighted by Gasteiger charge is -2.22. The second kappa shape index (κ2) is 10.1. The Morgan fingerprint density at radius 2 is 1.81 bits per heavy atom. The number of unbranched alkanes of at least 4 members (excludes halogenated alkanes) is 2. The highest BCUT2D eigenvalue weighted by atomic mass is 16.5. The van der Waals surface area contributed by atoms with Crippen LogP contribution in [0.2, 0.25) is 0 Å². The lowest BCUT2D eigenvalue weighted by Crippen LogP contribution is -2.24. The van der Waals surface area contributed by atoms with Crippen molar-refractivity contribution in [2.24, 2.45) is 0 Å². The summed E-state index contributed by atoms with van der Waals surface area (Å²) in [5.41, 5.74) is -0.0505. The van der Waals surface area contributed by atoms with E-state index in [0.29, 0.717) is 0 Å². The Bertz CT molecular complexity index is 149. The molecule has 98 valence electrons. The van der Waals surface area contributed by atoms with Gasteiger partial charge in [0.25, 0.3) is 0 Å². The van der Waals surface area contributed by atoms with Gasteiger partial charge in [0.05, 0.1) is 5.60 Å². The summed E-state index contributed by atoms with van der Waals surface area (Å²) >= 11 is 0. The predicted octanol–water partition coefficient (Wildman–Crippen LogP) is 2.60. The van der Waals surface area contributed by atoms with Crippen LogP contribution in [-0.2, 0) is 9.47 Å². The third-order valence-electron chi connectivity index (χ3n) is 2.79. The van der Waals surface area contributed by atoms with E-state index in [-0.39, 0.29) is 5.60 Å². The SMILES string of the molecule is CCNCCCCCOCCC(C)(C)OC. The monoisotopic (exact) mass is 231 g/mol. The third kappa shape index (κ3) is 10.4. The van der Waals surface area contributed by atoms with Crippen molar-refractivity contribution in [1.29, 1.82) is 0 Å². The first-order valence-corrected chi connectivity index (χ1v) is 6.46. The van der Waals surface area contributed by atoms with Crippen LogP contribution in [0.5, 0.6) is 0 Å². The molecule has 0 rings (SSSR count). The van der Waals surface area contributed by atoms with E-state index < -0.39 is 0 Å². The molecule has 0 spiro atoms. The fraction of sp³-hybridized carbons (Fsp3) is 1.00. The van der Waals surface area contributed by atoms with E-state index in [4.69, 9.17) is 9.47 Å². The molecule has 0 aromatic heterocycles. The smallest absolute Gasteiger partial charge is 0.0644 e. The number of nitrogens with one attached hydrogen (secondary N) is 1. The Hall–Kier alpha value is -0.120. The lowest BCUT2D eigenvalue weighted by atomic mass is 10.1. The summed E-state index contributed by atoms with van der Waals surface area (Å²) in [7, 11) is 1.75. The van der Waals surface area contributed by atoms with Crippen LogP contribution >= 0.6 is 0 Å². The lowest BCUT2D eigenvalue weighted by molar-refractivity contribution is -0.0101. The summed E-state index contributed by atoms with van der Waals surface area (Å²) in [4.78, 5) is 0. The number of methoxy groups -OCH3 is 1. The molecule has 0 aromatic rings. The topological polar surface area (TPSA) is 30.5 Å². The van der Waals surface area contributed by atoms with Gasteiger partial charge in [-0.3, -0.25) is 0 Å². The van der Waals surface area contributed by atoms with Gasteiger partial charge >= 0.3 is 0 Å². The first-order chi connectivity index (χ1) is 7.62. The molecule has 1 N–H and O–H groups in total. The first kappa shape index (κ1) is 15.9. The molecule has 3 heteroatoms. The highest BCUT2D eigenvalue weighted by Gasteiger charge is 2.15. The Labute approximate surface area is 101 Å². The quantitative estimate of drug-likeness (QED) is 0.554. The van der Waals surface area contributed by atoms with E-state index in [1.54, 1.807) is 7.11 Å². The molecule has 0 fully saturated rings. The zero-order valence-corrected chi connectivity index (χ0v) is 11.5. The molecule has 0 saturated carbocycles. The fourth-order valence-electron chi connectivity index (χ4n) is 1.33. The standard InChI is InChI=1S/C13H29NO2/c1-5-14-10-7-6-8-11-16-12-9-13(2,3)15-4/h14H,5-12H2,1-4H3. The Balaban J connectivity index is 3.10. The van der Waals surface area contributed by atoms with Crippen molar-refractivity contribution in [3.05, 3.63) is 0 Å². The van der Waals surface area contributed by atoms with Gasteiger partial charge in [0.2, 0.25) is 0 Å². The van der Waals surface area contributed by atoms with Crippen LogP contribution in [0.1, 0.15) is 46.5 Å². The van der Waals surface area contributed by atoms with Gasteiger partial charge in [-0.15, -0.1) is 0 Å². The van der Waals surface area contributed by atoms with E-state index in [1.807, 2.05) is 0 Å². The van der Waals surface area contributed by atoms with Gasteiger partial charge < -0.3 is 14.8 Å². The summed E-state index contributed by atoms with van der Waals surface area (Å²) in [5.74, 6) is 0. The van der Waals surface area contributed by atoms with E-state index >= 15 is 0 Å². The van der Waals surface area contributed by atoms with Gasteiger partial charge in [0, 0.05) is 20.3 Å². The van der Waals surface area contributed by atoms with Gasteiger partial charge in [-0.2, -0.15) is 0 Å². The van der Waals surface area contributed by atoms with Crippen molar-refractivity contribution in [3.63, 3.8) is 0 Å². The largest absolute Gasteiger partial charge is 0.381 e. The minimum atomic E-state index is -0.0505. The summed E-state index contributed by atoms with van der Waals surface area (Å²) in [6, 6.07) is 0. The molecule has 0 bridgehead atoms. The molecule has 0 radical (unpaired) electrons. The van der Waals surface area contributed by atoms with Gasteiger partial charge in [0.1, 0.15) is 0 Å². The summed E-state index contributed by atoms with van der Waals surface area (Å²) < 4.78 is 10.9. The van der Waals surface area contributed by atoms with Crippen molar-refractivity contribution in [3.8, 4) is 0 Å². The summed E-state index contributed by atoms with van der Waals surface area (Å²) in [6.07, 6.45) is 4.63. The molecular formula is C13H29NO2. The van der Waals surface area contributed by atoms with Gasteiger partial charge in [-0.05, 0) is 52.6 Å². The van der Waals surface area contributed by atoms with Crippen LogP contribution in [0.4, 0.5) is 0 Å². The van der Waals surface area contributed by atoms with Crippen LogP contribution in [-0.4, -0.2) is 39.0 Å². The van der Waals surface area contributed by atoms with Crippen LogP contribution in [0, 0.1) is 0 Å². The van der Waals surface area contributed by atoms with Crippen molar-refractivity contribution >= 4 is 0 Å². The van der Waals surface area contributed by atoms with Crippen molar-refractivity contribution in [2.75, 3.05) is 33.4 Å². The molecule has 16 heavy (non-hydrogen) atoms. The molecule has 0 unspecified atom stereocenters. The summed E-state index contributed by atoms with van der Waals surface area (Å²) in [6.45, 7) is 10.2. The zero-order valence-electron chi connectivity index (χ0n) is 11.5. The predicted molar refractivity (Wildman–Crippen MR) is 68.9 cm³/mol. The number of rotatable bonds is 11. The maximum atomic E-state index is 5.58. The highest BCUT2D eigenvalue weighted by Crippen LogP contribution is 2.12. The van der Waals surface area contributed by atoms with Crippen LogP contribution in [0.25, 0.3) is 0 Å². The number of hydrogen-bond donors (Lipinski definition) is 1. The molecule has 0 heterocycles. The molecule has 0 aliphatic heterocycles. The average Bonchev–Trinajstić information content (AvgIpc) is 2.27. The van der Waals surface area contributed by atoms with E-state index in [2.05, 4.69) is 26.1 Å². The Morgan fingerprint density at radius 1 is 1.06 bits per heavy atom. The third-order valence-corrected chi connectivity index (χ3v) is 2.79. The highest BCUT2D eigenvalue weighted by molar-refractivity contribution is 4.66. The van der Waals surface area contributed by atoms with Gasteiger partial charge in [-0.1, -0.05) is 6.92 Å². The van der Waals surface area contributed by atoms with Crippen molar-refractivity contribution in [1.82, 2.24) is 5.32 Å². The van der Waals surface area contributed by atoms with Crippen LogP contribution in [0.15, 0.2) is 0 Å². The molecular weight excluding hydrogens is 202 g/mol. The number of ether oxygens (including phenoxy) is 2. The zero-order chi connectivity index (χ0) is 12.3. The van der Waals surface area contributed by atoms with Crippen LogP contribution in [0.3, 0.4) is 0 Å². The van der Waals surface area contributed by atoms with Gasteiger partial charge in [0.15, 0.2) is 0 Å². The maximum absolute atomic E-state index is 5.58.